The zero-order valence-corrected chi connectivity index (χ0v) is 17.4. The van der Waals surface area contributed by atoms with Gasteiger partial charge in [0.2, 0.25) is 15.9 Å². The van der Waals surface area contributed by atoms with Crippen LogP contribution in [-0.2, 0) is 28.9 Å². The standard InChI is InChI=1S/C21H24N4O4S/c1-28-18-6-2-15(3-7-18)13-24-20-10-17(12-22)11-21(25-20)29-19-8-4-16(5-9-19)14-30(23,26)27/h2-11H,12-14,22H2,1H3,(H,24,25)(H2,23,26,27). The van der Waals surface area contributed by atoms with E-state index in [1.807, 2.05) is 30.3 Å². The van der Waals surface area contributed by atoms with Crippen molar-refractivity contribution in [3.05, 3.63) is 77.4 Å². The zero-order chi connectivity index (χ0) is 21.6. The molecule has 0 fully saturated rings. The Morgan fingerprint density at radius 1 is 0.933 bits per heavy atom. The molecule has 0 unspecified atom stereocenters. The highest BCUT2D eigenvalue weighted by Crippen LogP contribution is 2.24. The summed E-state index contributed by atoms with van der Waals surface area (Å²) in [5, 5.41) is 8.33. The van der Waals surface area contributed by atoms with Crippen molar-refractivity contribution in [2.45, 2.75) is 18.8 Å². The van der Waals surface area contributed by atoms with Gasteiger partial charge in [-0.15, -0.1) is 0 Å². The molecule has 1 aromatic heterocycles. The largest absolute Gasteiger partial charge is 0.497 e. The maximum atomic E-state index is 11.2. The van der Waals surface area contributed by atoms with Crippen molar-refractivity contribution in [3.63, 3.8) is 0 Å². The molecule has 0 atom stereocenters. The number of ether oxygens (including phenoxy) is 2. The molecule has 5 N–H and O–H groups in total. The van der Waals surface area contributed by atoms with Gasteiger partial charge in [0.25, 0.3) is 0 Å². The fourth-order valence-electron chi connectivity index (χ4n) is 2.76. The van der Waals surface area contributed by atoms with Crippen LogP contribution in [0.15, 0.2) is 60.7 Å². The Labute approximate surface area is 175 Å². The lowest BCUT2D eigenvalue weighted by atomic mass is 10.2. The van der Waals surface area contributed by atoms with E-state index < -0.39 is 10.0 Å². The van der Waals surface area contributed by atoms with Gasteiger partial charge in [-0.2, -0.15) is 4.98 Å². The van der Waals surface area contributed by atoms with E-state index >= 15 is 0 Å². The number of hydrogen-bond acceptors (Lipinski definition) is 7. The van der Waals surface area contributed by atoms with E-state index in [1.54, 1.807) is 37.4 Å². The smallest absolute Gasteiger partial charge is 0.221 e. The molecule has 158 valence electrons. The highest BCUT2D eigenvalue weighted by Gasteiger charge is 2.08. The Kier molecular flexibility index (Phi) is 6.88. The molecular weight excluding hydrogens is 404 g/mol. The summed E-state index contributed by atoms with van der Waals surface area (Å²) in [4.78, 5) is 4.48. The van der Waals surface area contributed by atoms with Gasteiger partial charge in [-0.3, -0.25) is 0 Å². The van der Waals surface area contributed by atoms with Crippen LogP contribution in [0.3, 0.4) is 0 Å². The number of pyridine rings is 1. The summed E-state index contributed by atoms with van der Waals surface area (Å²) in [5.74, 6) is 2.11. The van der Waals surface area contributed by atoms with Gasteiger partial charge in [-0.25, -0.2) is 13.6 Å². The van der Waals surface area contributed by atoms with Crippen LogP contribution in [0.5, 0.6) is 17.4 Å². The molecule has 0 radical (unpaired) electrons. The molecule has 0 saturated heterocycles. The summed E-state index contributed by atoms with van der Waals surface area (Å²) in [6, 6.07) is 18.0. The first-order chi connectivity index (χ1) is 14.3. The lowest BCUT2D eigenvalue weighted by molar-refractivity contribution is 0.414. The summed E-state index contributed by atoms with van der Waals surface area (Å²) in [6.45, 7) is 0.913. The molecule has 0 bridgehead atoms. The average Bonchev–Trinajstić information content (AvgIpc) is 2.73. The minimum absolute atomic E-state index is 0.229. The molecule has 0 saturated carbocycles. The van der Waals surface area contributed by atoms with Crippen molar-refractivity contribution < 1.29 is 17.9 Å². The van der Waals surface area contributed by atoms with E-state index in [0.717, 1.165) is 16.9 Å². The van der Waals surface area contributed by atoms with Gasteiger partial charge in [0.15, 0.2) is 0 Å². The number of nitrogens with zero attached hydrogens (tertiary/aromatic N) is 1. The number of nitrogens with one attached hydrogen (secondary N) is 1. The van der Waals surface area contributed by atoms with Crippen LogP contribution >= 0.6 is 0 Å². The number of aromatic nitrogens is 1. The molecule has 0 spiro atoms. The highest BCUT2D eigenvalue weighted by atomic mass is 32.2. The Morgan fingerprint density at radius 3 is 2.17 bits per heavy atom. The second kappa shape index (κ2) is 9.57. The molecule has 3 rings (SSSR count). The molecule has 2 aromatic carbocycles. The van der Waals surface area contributed by atoms with Gasteiger partial charge in [0.1, 0.15) is 17.3 Å². The first-order valence-electron chi connectivity index (χ1n) is 9.20. The van der Waals surface area contributed by atoms with Crippen LogP contribution in [0.2, 0.25) is 0 Å². The second-order valence-corrected chi connectivity index (χ2v) is 8.27. The topological polar surface area (TPSA) is 130 Å². The molecule has 0 amide bonds. The molecule has 9 heteroatoms. The van der Waals surface area contributed by atoms with E-state index in [9.17, 15) is 8.42 Å². The SMILES string of the molecule is COc1ccc(CNc2cc(CN)cc(Oc3ccc(CS(N)(=O)=O)cc3)n2)cc1. The predicted octanol–water partition coefficient (Wildman–Crippen LogP) is 2.74. The van der Waals surface area contributed by atoms with Gasteiger partial charge in [-0.1, -0.05) is 24.3 Å². The van der Waals surface area contributed by atoms with Crippen molar-refractivity contribution in [2.75, 3.05) is 12.4 Å². The molecule has 30 heavy (non-hydrogen) atoms. The summed E-state index contributed by atoms with van der Waals surface area (Å²) in [5.41, 5.74) is 8.32. The summed E-state index contributed by atoms with van der Waals surface area (Å²) in [6.07, 6.45) is 0. The minimum Gasteiger partial charge on any atom is -0.497 e. The molecule has 3 aromatic rings. The van der Waals surface area contributed by atoms with E-state index in [0.29, 0.717) is 36.1 Å². The van der Waals surface area contributed by atoms with Gasteiger partial charge in [0, 0.05) is 19.2 Å². The maximum absolute atomic E-state index is 11.2. The van der Waals surface area contributed by atoms with E-state index in [1.165, 1.54) is 0 Å². The van der Waals surface area contributed by atoms with Gasteiger partial charge in [0.05, 0.1) is 12.9 Å². The Morgan fingerprint density at radius 2 is 1.57 bits per heavy atom. The van der Waals surface area contributed by atoms with Gasteiger partial charge in [-0.05, 0) is 47.0 Å². The van der Waals surface area contributed by atoms with Crippen LogP contribution in [0.1, 0.15) is 16.7 Å². The Balaban J connectivity index is 1.70. The van der Waals surface area contributed by atoms with Crippen LogP contribution in [0.25, 0.3) is 0 Å². The third-order valence-electron chi connectivity index (χ3n) is 4.24. The van der Waals surface area contributed by atoms with Gasteiger partial charge < -0.3 is 20.5 Å². The molecule has 0 aliphatic rings. The normalized spacial score (nSPS) is 11.2. The van der Waals surface area contributed by atoms with Crippen molar-refractivity contribution in [1.82, 2.24) is 4.98 Å². The average molecular weight is 429 g/mol. The second-order valence-electron chi connectivity index (χ2n) is 6.66. The summed E-state index contributed by atoms with van der Waals surface area (Å²) < 4.78 is 33.4. The third-order valence-corrected chi connectivity index (χ3v) is 4.98. The monoisotopic (exact) mass is 428 g/mol. The van der Waals surface area contributed by atoms with E-state index in [4.69, 9.17) is 20.3 Å². The Hall–Kier alpha value is -3.14. The molecule has 0 aliphatic carbocycles. The lowest BCUT2D eigenvalue weighted by Crippen LogP contribution is -2.14. The highest BCUT2D eigenvalue weighted by molar-refractivity contribution is 7.88. The maximum Gasteiger partial charge on any atom is 0.221 e. The van der Waals surface area contributed by atoms with Crippen molar-refractivity contribution in [3.8, 4) is 17.4 Å². The Bertz CT molecular complexity index is 1080. The number of primary sulfonamides is 1. The van der Waals surface area contributed by atoms with Crippen LogP contribution < -0.4 is 25.7 Å². The number of anilines is 1. The quantitative estimate of drug-likeness (QED) is 0.478. The predicted molar refractivity (Wildman–Crippen MR) is 116 cm³/mol. The molecular formula is C21H24N4O4S. The van der Waals surface area contributed by atoms with E-state index in [2.05, 4.69) is 10.3 Å². The molecule has 0 aliphatic heterocycles. The number of sulfonamides is 1. The number of rotatable bonds is 9. The van der Waals surface area contributed by atoms with Gasteiger partial charge >= 0.3 is 0 Å². The summed E-state index contributed by atoms with van der Waals surface area (Å²) >= 11 is 0. The first kappa shape index (κ1) is 21.6. The van der Waals surface area contributed by atoms with Crippen LogP contribution in [-0.4, -0.2) is 20.5 Å². The zero-order valence-electron chi connectivity index (χ0n) is 16.5. The van der Waals surface area contributed by atoms with Crippen LogP contribution in [0.4, 0.5) is 5.82 Å². The number of hydrogen-bond donors (Lipinski definition) is 3. The third kappa shape index (κ3) is 6.45. The fraction of sp³-hybridized carbons (Fsp3) is 0.190. The fourth-order valence-corrected chi connectivity index (χ4v) is 3.42. The number of nitrogens with two attached hydrogens (primary N) is 2. The van der Waals surface area contributed by atoms with Crippen LogP contribution in [0, 0.1) is 0 Å². The number of methoxy groups -OCH3 is 1. The van der Waals surface area contributed by atoms with E-state index in [-0.39, 0.29) is 5.75 Å². The number of benzene rings is 2. The van der Waals surface area contributed by atoms with Crippen molar-refractivity contribution >= 4 is 15.8 Å². The van der Waals surface area contributed by atoms with Crippen molar-refractivity contribution in [1.29, 1.82) is 0 Å². The van der Waals surface area contributed by atoms with Crippen molar-refractivity contribution in [2.24, 2.45) is 10.9 Å². The summed E-state index contributed by atoms with van der Waals surface area (Å²) in [7, 11) is -1.95. The molecule has 1 heterocycles. The minimum atomic E-state index is -3.58. The lowest BCUT2D eigenvalue weighted by Gasteiger charge is -2.12. The first-order valence-corrected chi connectivity index (χ1v) is 10.9. The molecule has 8 nitrogen and oxygen atoms in total.